The van der Waals surface area contributed by atoms with Crippen LogP contribution >= 0.6 is 43.2 Å². The van der Waals surface area contributed by atoms with Crippen molar-refractivity contribution in [2.45, 2.75) is 33.2 Å². The highest BCUT2D eigenvalue weighted by Gasteiger charge is 2.19. The first kappa shape index (κ1) is 16.2. The van der Waals surface area contributed by atoms with E-state index in [1.165, 1.54) is 25.4 Å². The smallest absolute Gasteiger partial charge is 0.0704 e. The number of benzene rings is 1. The lowest BCUT2D eigenvalue weighted by Crippen LogP contribution is -2.24. The van der Waals surface area contributed by atoms with Gasteiger partial charge in [0.25, 0.3) is 0 Å². The van der Waals surface area contributed by atoms with Crippen molar-refractivity contribution >= 4 is 43.2 Å². The molecule has 0 saturated carbocycles. The number of hydrogen-bond acceptors (Lipinski definition) is 2. The van der Waals surface area contributed by atoms with Crippen LogP contribution in [0.15, 0.2) is 32.5 Å². The average Bonchev–Trinajstić information content (AvgIpc) is 2.73. The summed E-state index contributed by atoms with van der Waals surface area (Å²) in [6.07, 6.45) is 1.13. The Bertz CT molecular complexity index is 592. The van der Waals surface area contributed by atoms with E-state index in [4.69, 9.17) is 0 Å². The lowest BCUT2D eigenvalue weighted by Gasteiger charge is -2.21. The monoisotopic (exact) mass is 415 g/mol. The van der Waals surface area contributed by atoms with E-state index in [0.29, 0.717) is 0 Å². The molecule has 1 heterocycles. The predicted molar refractivity (Wildman–Crippen MR) is 95.8 cm³/mol. The number of aryl methyl sites for hydroxylation is 2. The Morgan fingerprint density at radius 3 is 2.50 bits per heavy atom. The quantitative estimate of drug-likeness (QED) is 0.632. The van der Waals surface area contributed by atoms with Gasteiger partial charge in [-0.3, -0.25) is 0 Å². The van der Waals surface area contributed by atoms with Gasteiger partial charge >= 0.3 is 0 Å². The number of thiophene rings is 1. The van der Waals surface area contributed by atoms with Crippen molar-refractivity contribution in [2.75, 3.05) is 6.54 Å². The minimum absolute atomic E-state index is 0.259. The molecular weight excluding hydrogens is 398 g/mol. The lowest BCUT2D eigenvalue weighted by molar-refractivity contribution is 0.595. The number of rotatable bonds is 5. The molecule has 2 aromatic rings. The summed E-state index contributed by atoms with van der Waals surface area (Å²) in [4.78, 5) is 1.37. The Hall–Kier alpha value is -0.160. The van der Waals surface area contributed by atoms with Crippen LogP contribution < -0.4 is 5.32 Å². The minimum atomic E-state index is 0.259. The highest BCUT2D eigenvalue weighted by molar-refractivity contribution is 9.11. The molecule has 0 radical (unpaired) electrons. The molecule has 1 aromatic carbocycles. The maximum atomic E-state index is 3.69. The number of hydrogen-bond donors (Lipinski definition) is 1. The molecule has 0 aliphatic rings. The maximum absolute atomic E-state index is 3.69. The summed E-state index contributed by atoms with van der Waals surface area (Å²) >= 11 is 9.00. The fourth-order valence-electron chi connectivity index (χ4n) is 2.34. The zero-order chi connectivity index (χ0) is 14.7. The van der Waals surface area contributed by atoms with Crippen molar-refractivity contribution in [3.8, 4) is 0 Å². The van der Waals surface area contributed by atoms with Gasteiger partial charge in [-0.2, -0.15) is 0 Å². The second-order valence-electron chi connectivity index (χ2n) is 4.95. The fourth-order valence-corrected chi connectivity index (χ4v) is 4.47. The molecule has 1 nitrogen and oxygen atoms in total. The third-order valence-electron chi connectivity index (χ3n) is 3.39. The van der Waals surface area contributed by atoms with Crippen LogP contribution in [0, 0.1) is 13.8 Å². The van der Waals surface area contributed by atoms with Gasteiger partial charge in [-0.05, 0) is 77.6 Å². The van der Waals surface area contributed by atoms with E-state index in [0.717, 1.165) is 17.4 Å². The van der Waals surface area contributed by atoms with Crippen molar-refractivity contribution < 1.29 is 0 Å². The van der Waals surface area contributed by atoms with Gasteiger partial charge in [0.2, 0.25) is 0 Å². The molecule has 1 N–H and O–H groups in total. The van der Waals surface area contributed by atoms with Gasteiger partial charge in [-0.15, -0.1) is 11.3 Å². The van der Waals surface area contributed by atoms with E-state index < -0.39 is 0 Å². The highest BCUT2D eigenvalue weighted by Crippen LogP contribution is 2.35. The highest BCUT2D eigenvalue weighted by atomic mass is 79.9. The van der Waals surface area contributed by atoms with Gasteiger partial charge in [0, 0.05) is 9.35 Å². The summed E-state index contributed by atoms with van der Waals surface area (Å²) in [6, 6.07) is 9.01. The van der Waals surface area contributed by atoms with Gasteiger partial charge in [0.15, 0.2) is 0 Å². The molecule has 1 unspecified atom stereocenters. The topological polar surface area (TPSA) is 12.0 Å². The zero-order valence-corrected chi connectivity index (χ0v) is 16.0. The molecule has 0 amide bonds. The fraction of sp³-hybridized carbons (Fsp3) is 0.375. The Kier molecular flexibility index (Phi) is 5.84. The van der Waals surface area contributed by atoms with Crippen LogP contribution in [-0.4, -0.2) is 6.54 Å². The SMILES string of the molecule is CCCNC(c1cc(Br)ccc1C)c1cc(Br)sc1C. The van der Waals surface area contributed by atoms with Crippen LogP contribution in [0.1, 0.15) is 41.0 Å². The molecule has 0 aliphatic carbocycles. The summed E-state index contributed by atoms with van der Waals surface area (Å²) in [6.45, 7) is 7.59. The zero-order valence-electron chi connectivity index (χ0n) is 12.0. The van der Waals surface area contributed by atoms with Gasteiger partial charge in [-0.1, -0.05) is 28.9 Å². The summed E-state index contributed by atoms with van der Waals surface area (Å²) < 4.78 is 2.33. The van der Waals surface area contributed by atoms with E-state index in [1.54, 1.807) is 11.3 Å². The average molecular weight is 417 g/mol. The van der Waals surface area contributed by atoms with E-state index in [2.05, 4.69) is 82.2 Å². The van der Waals surface area contributed by atoms with Gasteiger partial charge in [-0.25, -0.2) is 0 Å². The Morgan fingerprint density at radius 1 is 1.15 bits per heavy atom. The molecule has 0 spiro atoms. The molecule has 0 bridgehead atoms. The van der Waals surface area contributed by atoms with Crippen molar-refractivity contribution in [1.82, 2.24) is 5.32 Å². The Morgan fingerprint density at radius 2 is 1.90 bits per heavy atom. The van der Waals surface area contributed by atoms with Crippen LogP contribution in [-0.2, 0) is 0 Å². The van der Waals surface area contributed by atoms with Crippen LogP contribution in [0.25, 0.3) is 0 Å². The second-order valence-corrected chi connectivity index (χ2v) is 8.50. The molecule has 108 valence electrons. The molecule has 0 saturated heterocycles. The van der Waals surface area contributed by atoms with Crippen molar-refractivity contribution in [2.24, 2.45) is 0 Å². The lowest BCUT2D eigenvalue weighted by atomic mass is 9.95. The van der Waals surface area contributed by atoms with Gasteiger partial charge in [0.1, 0.15) is 0 Å². The van der Waals surface area contributed by atoms with Crippen LogP contribution in [0.3, 0.4) is 0 Å². The van der Waals surface area contributed by atoms with Crippen LogP contribution in [0.5, 0.6) is 0 Å². The molecule has 0 fully saturated rings. The van der Waals surface area contributed by atoms with Gasteiger partial charge in [0.05, 0.1) is 9.83 Å². The minimum Gasteiger partial charge on any atom is -0.306 e. The van der Waals surface area contributed by atoms with Crippen molar-refractivity contribution in [1.29, 1.82) is 0 Å². The molecule has 2 rings (SSSR count). The maximum Gasteiger partial charge on any atom is 0.0704 e. The molecular formula is C16H19Br2NS. The molecule has 0 aliphatic heterocycles. The summed E-state index contributed by atoms with van der Waals surface area (Å²) in [7, 11) is 0. The first-order valence-electron chi connectivity index (χ1n) is 6.78. The number of halogens is 2. The third-order valence-corrected chi connectivity index (χ3v) is 5.45. The van der Waals surface area contributed by atoms with Crippen LogP contribution in [0.4, 0.5) is 0 Å². The first-order chi connectivity index (χ1) is 9.52. The summed E-state index contributed by atoms with van der Waals surface area (Å²) in [5.41, 5.74) is 4.04. The van der Waals surface area contributed by atoms with E-state index in [9.17, 15) is 0 Å². The molecule has 1 atom stereocenters. The number of nitrogens with one attached hydrogen (secondary N) is 1. The van der Waals surface area contributed by atoms with Crippen molar-refractivity contribution in [3.63, 3.8) is 0 Å². The summed E-state index contributed by atoms with van der Waals surface area (Å²) in [5, 5.41) is 3.69. The standard InChI is InChI=1S/C16H19Br2NS/c1-4-7-19-16(14-9-15(18)20-11(14)3)13-8-12(17)6-5-10(13)2/h5-6,8-9,16,19H,4,7H2,1-3H3. The Balaban J connectivity index is 2.46. The normalized spacial score (nSPS) is 12.7. The molecule has 20 heavy (non-hydrogen) atoms. The molecule has 1 aromatic heterocycles. The largest absolute Gasteiger partial charge is 0.306 e. The summed E-state index contributed by atoms with van der Waals surface area (Å²) in [5.74, 6) is 0. The van der Waals surface area contributed by atoms with Crippen LogP contribution in [0.2, 0.25) is 0 Å². The third kappa shape index (κ3) is 3.73. The predicted octanol–water partition coefficient (Wildman–Crippen LogP) is 5.98. The van der Waals surface area contributed by atoms with E-state index in [1.807, 2.05) is 0 Å². The first-order valence-corrected chi connectivity index (χ1v) is 9.18. The van der Waals surface area contributed by atoms with E-state index >= 15 is 0 Å². The van der Waals surface area contributed by atoms with E-state index in [-0.39, 0.29) is 6.04 Å². The van der Waals surface area contributed by atoms with Crippen molar-refractivity contribution in [3.05, 3.63) is 54.1 Å². The Labute approximate surface area is 142 Å². The molecule has 4 heteroatoms. The second kappa shape index (κ2) is 7.21. The van der Waals surface area contributed by atoms with Gasteiger partial charge < -0.3 is 5.32 Å².